The maximum absolute atomic E-state index is 13.6. The third kappa shape index (κ3) is 5.62. The molecule has 2 heterocycles. The van der Waals surface area contributed by atoms with E-state index in [-0.39, 0.29) is 25.0 Å². The summed E-state index contributed by atoms with van der Waals surface area (Å²) < 4.78 is 7.85. The molecule has 0 N–H and O–H groups in total. The summed E-state index contributed by atoms with van der Waals surface area (Å²) in [5, 5.41) is 12.5. The monoisotopic (exact) mass is 563 g/mol. The minimum Gasteiger partial charge on any atom is -0.465 e. The van der Waals surface area contributed by atoms with Crippen LogP contribution in [-0.4, -0.2) is 39.2 Å². The van der Waals surface area contributed by atoms with Crippen LogP contribution in [0.5, 0.6) is 0 Å². The first-order valence-electron chi connectivity index (χ1n) is 12.6. The van der Waals surface area contributed by atoms with E-state index in [9.17, 15) is 9.59 Å². The first-order valence-corrected chi connectivity index (χ1v) is 13.4. The predicted octanol–water partition coefficient (Wildman–Crippen LogP) is 5.53. The molecule has 5 rings (SSSR count). The molecule has 0 fully saturated rings. The fraction of sp³-hybridized carbons (Fsp3) is 0.241. The molecule has 1 aromatic heterocycles. The molecule has 1 aliphatic heterocycles. The van der Waals surface area contributed by atoms with E-state index >= 15 is 0 Å². The fourth-order valence-electron chi connectivity index (χ4n) is 4.66. The molecule has 0 saturated carbocycles. The van der Waals surface area contributed by atoms with Crippen LogP contribution in [-0.2, 0) is 16.1 Å². The van der Waals surface area contributed by atoms with Crippen molar-refractivity contribution in [2.75, 3.05) is 18.2 Å². The second kappa shape index (κ2) is 11.5. The number of hydrogen-bond acceptors (Lipinski definition) is 6. The standard InChI is InChI=1S/C29H27Cl2N5O3/c1-3-39-26(37)18-34-28(33-36(29(34)38)19(2)20-9-13-23(30)14-10-20)35-17-25(21-7-5-4-6-8-21)27(32-35)22-11-15-24(31)16-12-22/h4-16,19,25H,3,17-18H2,1-2H3. The molecule has 0 spiro atoms. The Bertz CT molecular complexity index is 1550. The first kappa shape index (κ1) is 26.7. The van der Waals surface area contributed by atoms with Gasteiger partial charge in [-0.25, -0.2) is 19.1 Å². The van der Waals surface area contributed by atoms with Crippen LogP contribution in [0.2, 0.25) is 10.0 Å². The average Bonchev–Trinajstić information content (AvgIpc) is 3.52. The number of carbonyl (C=O) groups excluding carboxylic acids is 1. The van der Waals surface area contributed by atoms with Crippen molar-refractivity contribution in [3.8, 4) is 0 Å². The van der Waals surface area contributed by atoms with E-state index in [4.69, 9.17) is 38.1 Å². The molecule has 2 unspecified atom stereocenters. The van der Waals surface area contributed by atoms with Crippen molar-refractivity contribution in [2.24, 2.45) is 5.10 Å². The summed E-state index contributed by atoms with van der Waals surface area (Å²) in [5.74, 6) is -0.364. The number of esters is 1. The number of rotatable bonds is 8. The summed E-state index contributed by atoms with van der Waals surface area (Å²) >= 11 is 12.2. The number of hydrogen-bond donors (Lipinski definition) is 0. The molecule has 0 amide bonds. The highest BCUT2D eigenvalue weighted by atomic mass is 35.5. The molecule has 3 aromatic carbocycles. The number of halogens is 2. The van der Waals surface area contributed by atoms with Gasteiger partial charge in [0.1, 0.15) is 6.54 Å². The summed E-state index contributed by atoms with van der Waals surface area (Å²) in [6.45, 7) is 3.94. The minimum atomic E-state index is -0.528. The highest BCUT2D eigenvalue weighted by Crippen LogP contribution is 2.32. The van der Waals surface area contributed by atoms with Gasteiger partial charge in [-0.1, -0.05) is 77.8 Å². The highest BCUT2D eigenvalue weighted by Gasteiger charge is 2.34. The molecule has 200 valence electrons. The number of carbonyl (C=O) groups is 1. The Morgan fingerprint density at radius 3 is 2.28 bits per heavy atom. The Hall–Kier alpha value is -3.88. The number of nitrogens with zero attached hydrogens (tertiary/aromatic N) is 5. The number of benzene rings is 3. The van der Waals surface area contributed by atoms with Crippen LogP contribution in [0, 0.1) is 0 Å². The SMILES string of the molecule is CCOC(=O)Cn1c(N2CC(c3ccccc3)C(c3ccc(Cl)cc3)=N2)nn(C(C)c2ccc(Cl)cc2)c1=O. The van der Waals surface area contributed by atoms with Gasteiger partial charge in [-0.2, -0.15) is 5.10 Å². The van der Waals surface area contributed by atoms with Crippen LogP contribution < -0.4 is 10.7 Å². The van der Waals surface area contributed by atoms with Gasteiger partial charge >= 0.3 is 11.7 Å². The minimum absolute atomic E-state index is 0.0997. The van der Waals surface area contributed by atoms with E-state index in [0.717, 1.165) is 22.4 Å². The van der Waals surface area contributed by atoms with Crippen LogP contribution in [0.4, 0.5) is 5.95 Å². The predicted molar refractivity (Wildman–Crippen MR) is 153 cm³/mol. The smallest absolute Gasteiger partial charge is 0.348 e. The Morgan fingerprint density at radius 1 is 1.00 bits per heavy atom. The Balaban J connectivity index is 1.60. The van der Waals surface area contributed by atoms with Crippen molar-refractivity contribution in [1.82, 2.24) is 14.3 Å². The van der Waals surface area contributed by atoms with Crippen molar-refractivity contribution < 1.29 is 9.53 Å². The zero-order valence-electron chi connectivity index (χ0n) is 21.5. The van der Waals surface area contributed by atoms with Crippen LogP contribution in [0.25, 0.3) is 0 Å². The molecule has 0 saturated heterocycles. The molecule has 0 aliphatic carbocycles. The van der Waals surface area contributed by atoms with Crippen LogP contribution in [0.3, 0.4) is 0 Å². The summed E-state index contributed by atoms with van der Waals surface area (Å²) in [4.78, 5) is 26.2. The van der Waals surface area contributed by atoms with Gasteiger partial charge in [0, 0.05) is 16.0 Å². The van der Waals surface area contributed by atoms with Crippen molar-refractivity contribution in [1.29, 1.82) is 0 Å². The van der Waals surface area contributed by atoms with Gasteiger partial charge in [0.25, 0.3) is 0 Å². The lowest BCUT2D eigenvalue weighted by molar-refractivity contribution is -0.143. The number of aromatic nitrogens is 3. The topological polar surface area (TPSA) is 81.7 Å². The fourth-order valence-corrected chi connectivity index (χ4v) is 4.91. The molecule has 0 radical (unpaired) electrons. The molecular formula is C29H27Cl2N5O3. The van der Waals surface area contributed by atoms with Crippen LogP contribution >= 0.6 is 23.2 Å². The van der Waals surface area contributed by atoms with Crippen molar-refractivity contribution in [3.63, 3.8) is 0 Å². The van der Waals surface area contributed by atoms with Gasteiger partial charge in [-0.05, 0) is 54.8 Å². The lowest BCUT2D eigenvalue weighted by Gasteiger charge is -2.16. The summed E-state index contributed by atoms with van der Waals surface area (Å²) in [6.07, 6.45) is 0. The lowest BCUT2D eigenvalue weighted by Crippen LogP contribution is -2.31. The quantitative estimate of drug-likeness (QED) is 0.263. The van der Waals surface area contributed by atoms with Crippen molar-refractivity contribution in [3.05, 3.63) is 116 Å². The molecule has 8 nitrogen and oxygen atoms in total. The van der Waals surface area contributed by atoms with E-state index in [1.54, 1.807) is 24.1 Å². The zero-order valence-corrected chi connectivity index (χ0v) is 23.0. The molecule has 1 aliphatic rings. The van der Waals surface area contributed by atoms with Gasteiger partial charge in [0.05, 0.1) is 24.9 Å². The Kier molecular flexibility index (Phi) is 7.86. The van der Waals surface area contributed by atoms with Gasteiger partial charge in [0.2, 0.25) is 5.95 Å². The van der Waals surface area contributed by atoms with Gasteiger partial charge in [0.15, 0.2) is 0 Å². The zero-order chi connectivity index (χ0) is 27.5. The second-order valence-corrected chi connectivity index (χ2v) is 10.1. The number of anilines is 1. The lowest BCUT2D eigenvalue weighted by atomic mass is 9.91. The summed E-state index contributed by atoms with van der Waals surface area (Å²) in [5.41, 5.74) is 3.20. The van der Waals surface area contributed by atoms with Crippen molar-refractivity contribution >= 4 is 40.8 Å². The summed E-state index contributed by atoms with van der Waals surface area (Å²) in [6, 6.07) is 24.3. The third-order valence-electron chi connectivity index (χ3n) is 6.66. The number of hydrazone groups is 1. The highest BCUT2D eigenvalue weighted by molar-refractivity contribution is 6.31. The van der Waals surface area contributed by atoms with E-state index in [0.29, 0.717) is 16.6 Å². The van der Waals surface area contributed by atoms with Gasteiger partial charge in [-0.3, -0.25) is 4.79 Å². The summed E-state index contributed by atoms with van der Waals surface area (Å²) in [7, 11) is 0. The molecule has 0 bridgehead atoms. The Labute approximate surface area is 236 Å². The third-order valence-corrected chi connectivity index (χ3v) is 7.17. The van der Waals surface area contributed by atoms with Crippen LogP contribution in [0.15, 0.2) is 88.8 Å². The Morgan fingerprint density at radius 2 is 1.64 bits per heavy atom. The normalized spacial score (nSPS) is 15.7. The van der Waals surface area contributed by atoms with Gasteiger partial charge < -0.3 is 4.74 Å². The van der Waals surface area contributed by atoms with E-state index in [1.165, 1.54) is 9.25 Å². The molecule has 2 atom stereocenters. The molecule has 39 heavy (non-hydrogen) atoms. The van der Waals surface area contributed by atoms with Crippen LogP contribution in [0.1, 0.15) is 42.5 Å². The maximum Gasteiger partial charge on any atom is 0.348 e. The first-order chi connectivity index (χ1) is 18.9. The largest absolute Gasteiger partial charge is 0.465 e. The van der Waals surface area contributed by atoms with E-state index < -0.39 is 17.7 Å². The second-order valence-electron chi connectivity index (χ2n) is 9.18. The number of ether oxygens (including phenoxy) is 1. The molecule has 4 aromatic rings. The molecular weight excluding hydrogens is 537 g/mol. The van der Waals surface area contributed by atoms with Crippen molar-refractivity contribution in [2.45, 2.75) is 32.4 Å². The average molecular weight is 564 g/mol. The molecule has 10 heteroatoms. The maximum atomic E-state index is 13.6. The van der Waals surface area contributed by atoms with Gasteiger partial charge in [-0.15, -0.1) is 5.10 Å². The van der Waals surface area contributed by atoms with E-state index in [2.05, 4.69) is 0 Å². The van der Waals surface area contributed by atoms with E-state index in [1.807, 2.05) is 73.7 Å².